The molecule has 110 valence electrons. The molecule has 1 aromatic heterocycles. The van der Waals surface area contributed by atoms with Crippen molar-refractivity contribution in [1.29, 1.82) is 5.26 Å². The normalized spacial score (nSPS) is 11.0. The summed E-state index contributed by atoms with van der Waals surface area (Å²) in [5.41, 5.74) is 1.45. The van der Waals surface area contributed by atoms with Crippen molar-refractivity contribution in [2.75, 3.05) is 10.5 Å². The van der Waals surface area contributed by atoms with Crippen molar-refractivity contribution >= 4 is 38.3 Å². The number of nitriles is 1. The Balaban J connectivity index is 2.08. The number of nitrogens with one attached hydrogen (secondary N) is 1. The molecule has 0 atom stereocenters. The number of sulfonamides is 1. The van der Waals surface area contributed by atoms with Crippen LogP contribution in [0.1, 0.15) is 11.3 Å². The minimum Gasteiger partial charge on any atom is -0.258 e. The largest absolute Gasteiger partial charge is 0.258 e. The van der Waals surface area contributed by atoms with Crippen molar-refractivity contribution in [2.24, 2.45) is 0 Å². The van der Waals surface area contributed by atoms with Gasteiger partial charge < -0.3 is 0 Å². The zero-order valence-electron chi connectivity index (χ0n) is 11.2. The fraction of sp³-hybridized carbons (Fsp3) is 0.231. The van der Waals surface area contributed by atoms with Crippen LogP contribution in [-0.4, -0.2) is 19.2 Å². The van der Waals surface area contributed by atoms with Crippen molar-refractivity contribution < 1.29 is 8.42 Å². The molecule has 0 bridgehead atoms. The van der Waals surface area contributed by atoms with Crippen molar-refractivity contribution in [2.45, 2.75) is 16.9 Å². The number of thioether (sulfide) groups is 1. The molecule has 2 aromatic rings. The average Bonchev–Trinajstić information content (AvgIpc) is 2.76. The van der Waals surface area contributed by atoms with E-state index >= 15 is 0 Å². The second kappa shape index (κ2) is 6.93. The molecule has 0 spiro atoms. The van der Waals surface area contributed by atoms with E-state index in [0.717, 1.165) is 15.5 Å². The molecular weight excluding hydrogens is 326 g/mol. The predicted molar refractivity (Wildman–Crippen MR) is 85.9 cm³/mol. The van der Waals surface area contributed by atoms with Crippen LogP contribution in [0.25, 0.3) is 0 Å². The number of thiazole rings is 1. The van der Waals surface area contributed by atoms with Crippen LogP contribution in [0.15, 0.2) is 34.5 Å². The highest BCUT2D eigenvalue weighted by Gasteiger charge is 2.15. The number of benzene rings is 1. The predicted octanol–water partition coefficient (Wildman–Crippen LogP) is 3.01. The number of hydrogen-bond donors (Lipinski definition) is 1. The van der Waals surface area contributed by atoms with E-state index in [1.807, 2.05) is 12.1 Å². The Morgan fingerprint density at radius 1 is 1.38 bits per heavy atom. The zero-order valence-corrected chi connectivity index (χ0v) is 13.7. The maximum Gasteiger partial charge on any atom is 0.238 e. The quantitative estimate of drug-likeness (QED) is 0.818. The van der Waals surface area contributed by atoms with Gasteiger partial charge in [-0.1, -0.05) is 53.4 Å². The lowest BCUT2D eigenvalue weighted by Gasteiger charge is -2.04. The van der Waals surface area contributed by atoms with E-state index in [4.69, 9.17) is 5.26 Å². The van der Waals surface area contributed by atoms with Gasteiger partial charge in [-0.2, -0.15) is 5.26 Å². The van der Waals surface area contributed by atoms with E-state index in [1.165, 1.54) is 23.1 Å². The Bertz CT molecular complexity index is 749. The minimum absolute atomic E-state index is 0.0901. The number of aromatic nitrogens is 1. The standard InChI is InChI=1S/C13H13N3O2S3/c1-10-12(19-8-7-14)20-13(15-10)16-21(17,18)9-11-5-3-2-4-6-11/h2-6H,8-9H2,1H3,(H,15,16). The fourth-order valence-electron chi connectivity index (χ4n) is 1.62. The third kappa shape index (κ3) is 4.74. The first-order chi connectivity index (χ1) is 10.00. The Labute approximate surface area is 132 Å². The molecule has 2 rings (SSSR count). The molecule has 1 heterocycles. The van der Waals surface area contributed by atoms with E-state index in [9.17, 15) is 8.42 Å². The van der Waals surface area contributed by atoms with Gasteiger partial charge in [0.1, 0.15) is 0 Å². The fourth-order valence-corrected chi connectivity index (χ4v) is 4.83. The van der Waals surface area contributed by atoms with Gasteiger partial charge in [0.05, 0.1) is 27.5 Å². The van der Waals surface area contributed by atoms with Gasteiger partial charge in [-0.05, 0) is 12.5 Å². The van der Waals surface area contributed by atoms with E-state index in [1.54, 1.807) is 31.2 Å². The van der Waals surface area contributed by atoms with Crippen LogP contribution in [-0.2, 0) is 15.8 Å². The third-order valence-electron chi connectivity index (χ3n) is 2.46. The second-order valence-electron chi connectivity index (χ2n) is 4.19. The topological polar surface area (TPSA) is 82.8 Å². The van der Waals surface area contributed by atoms with Gasteiger partial charge in [0.2, 0.25) is 10.0 Å². The van der Waals surface area contributed by atoms with Gasteiger partial charge in [-0.3, -0.25) is 4.72 Å². The molecule has 1 aromatic carbocycles. The van der Waals surface area contributed by atoms with Crippen LogP contribution in [0.5, 0.6) is 0 Å². The van der Waals surface area contributed by atoms with Gasteiger partial charge in [-0.15, -0.1) is 0 Å². The van der Waals surface area contributed by atoms with Crippen LogP contribution >= 0.6 is 23.1 Å². The summed E-state index contributed by atoms with van der Waals surface area (Å²) in [7, 11) is -3.49. The van der Waals surface area contributed by atoms with E-state index in [0.29, 0.717) is 10.9 Å². The second-order valence-corrected chi connectivity index (χ2v) is 8.15. The molecule has 0 aliphatic rings. The summed E-state index contributed by atoms with van der Waals surface area (Å²) in [5.74, 6) is 0.229. The third-order valence-corrected chi connectivity index (χ3v) is 6.11. The van der Waals surface area contributed by atoms with Crippen LogP contribution in [0.3, 0.4) is 0 Å². The first kappa shape index (κ1) is 15.8. The molecule has 0 aliphatic heterocycles. The SMILES string of the molecule is Cc1nc(NS(=O)(=O)Cc2ccccc2)sc1SCC#N. The Morgan fingerprint density at radius 3 is 2.76 bits per heavy atom. The number of anilines is 1. The van der Waals surface area contributed by atoms with Crippen LogP contribution in [0, 0.1) is 18.3 Å². The van der Waals surface area contributed by atoms with Gasteiger partial charge in [0, 0.05) is 0 Å². The summed E-state index contributed by atoms with van der Waals surface area (Å²) in [6, 6.07) is 11.0. The highest BCUT2D eigenvalue weighted by Crippen LogP contribution is 2.32. The lowest BCUT2D eigenvalue weighted by atomic mass is 10.2. The molecule has 8 heteroatoms. The number of nitrogens with zero attached hydrogens (tertiary/aromatic N) is 2. The van der Waals surface area contributed by atoms with Gasteiger partial charge >= 0.3 is 0 Å². The van der Waals surface area contributed by atoms with Crippen LogP contribution in [0.4, 0.5) is 5.13 Å². The molecule has 0 radical (unpaired) electrons. The summed E-state index contributed by atoms with van der Waals surface area (Å²) >= 11 is 2.61. The number of rotatable bonds is 6. The highest BCUT2D eigenvalue weighted by molar-refractivity contribution is 8.01. The molecule has 0 amide bonds. The van der Waals surface area contributed by atoms with Crippen molar-refractivity contribution in [3.63, 3.8) is 0 Å². The molecule has 0 unspecified atom stereocenters. The Kier molecular flexibility index (Phi) is 5.22. The Hall–Kier alpha value is -1.56. The summed E-state index contributed by atoms with van der Waals surface area (Å²) < 4.78 is 27.5. The van der Waals surface area contributed by atoms with Crippen LogP contribution in [0.2, 0.25) is 0 Å². The number of hydrogen-bond acceptors (Lipinski definition) is 6. The molecule has 1 N–H and O–H groups in total. The van der Waals surface area contributed by atoms with Crippen molar-refractivity contribution in [3.8, 4) is 6.07 Å². The van der Waals surface area contributed by atoms with Gasteiger partial charge in [0.15, 0.2) is 5.13 Å². The molecule has 0 aliphatic carbocycles. The van der Waals surface area contributed by atoms with E-state index in [-0.39, 0.29) is 5.75 Å². The molecule has 0 saturated heterocycles. The maximum atomic E-state index is 12.1. The monoisotopic (exact) mass is 339 g/mol. The smallest absolute Gasteiger partial charge is 0.238 e. The lowest BCUT2D eigenvalue weighted by Crippen LogP contribution is -2.14. The van der Waals surface area contributed by atoms with Crippen LogP contribution < -0.4 is 4.72 Å². The van der Waals surface area contributed by atoms with Crippen molar-refractivity contribution in [1.82, 2.24) is 4.98 Å². The first-order valence-corrected chi connectivity index (χ1v) is 9.47. The average molecular weight is 339 g/mol. The molecular formula is C13H13N3O2S3. The summed E-state index contributed by atoms with van der Waals surface area (Å²) in [5, 5.41) is 8.91. The van der Waals surface area contributed by atoms with Crippen molar-refractivity contribution in [3.05, 3.63) is 41.6 Å². The van der Waals surface area contributed by atoms with E-state index in [2.05, 4.69) is 9.71 Å². The van der Waals surface area contributed by atoms with Gasteiger partial charge in [-0.25, -0.2) is 13.4 Å². The summed E-state index contributed by atoms with van der Waals surface area (Å²) in [6.45, 7) is 1.80. The first-order valence-electron chi connectivity index (χ1n) is 6.02. The molecule has 0 saturated carbocycles. The van der Waals surface area contributed by atoms with E-state index < -0.39 is 10.0 Å². The number of aryl methyl sites for hydroxylation is 1. The lowest BCUT2D eigenvalue weighted by molar-refractivity contribution is 0.600. The zero-order chi connectivity index (χ0) is 15.3. The highest BCUT2D eigenvalue weighted by atomic mass is 32.2. The minimum atomic E-state index is -3.49. The summed E-state index contributed by atoms with van der Waals surface area (Å²) in [6.07, 6.45) is 0. The van der Waals surface area contributed by atoms with Gasteiger partial charge in [0.25, 0.3) is 0 Å². The maximum absolute atomic E-state index is 12.1. The molecule has 0 fully saturated rings. The molecule has 21 heavy (non-hydrogen) atoms. The Morgan fingerprint density at radius 2 is 2.10 bits per heavy atom. The molecule has 5 nitrogen and oxygen atoms in total. The summed E-state index contributed by atoms with van der Waals surface area (Å²) in [4.78, 5) is 4.19.